The predicted octanol–water partition coefficient (Wildman–Crippen LogP) is 3.04. The third-order valence-electron chi connectivity index (χ3n) is 4.34. The highest BCUT2D eigenvalue weighted by Gasteiger charge is 2.21. The lowest BCUT2D eigenvalue weighted by molar-refractivity contribution is -0.120. The lowest BCUT2D eigenvalue weighted by Gasteiger charge is -2.18. The van der Waals surface area contributed by atoms with Crippen LogP contribution in [0.3, 0.4) is 0 Å². The number of nitrogen functional groups attached to an aromatic ring is 1. The first-order valence-corrected chi connectivity index (χ1v) is 9.71. The van der Waals surface area contributed by atoms with Gasteiger partial charge < -0.3 is 15.6 Å². The van der Waals surface area contributed by atoms with E-state index in [1.54, 1.807) is 18.4 Å². The fraction of sp³-hybridized carbons (Fsp3) is 0.316. The number of nitrogens with two attached hydrogens (primary N) is 1. The smallest absolute Gasteiger partial charge is 0.233 e. The number of aromatic nitrogens is 3. The van der Waals surface area contributed by atoms with Crippen molar-refractivity contribution in [3.63, 3.8) is 0 Å². The highest BCUT2D eigenvalue weighted by Crippen LogP contribution is 2.25. The molecule has 0 radical (unpaired) electrons. The van der Waals surface area contributed by atoms with Gasteiger partial charge in [0.1, 0.15) is 0 Å². The van der Waals surface area contributed by atoms with Crippen LogP contribution in [0.4, 0.5) is 0 Å². The first-order chi connectivity index (χ1) is 13.1. The van der Waals surface area contributed by atoms with Crippen molar-refractivity contribution in [2.45, 2.75) is 36.6 Å². The molecular weight excluding hydrogens is 362 g/mol. The molecule has 0 unspecified atom stereocenters. The molecule has 0 aliphatic carbocycles. The van der Waals surface area contributed by atoms with Gasteiger partial charge in [0.05, 0.1) is 11.5 Å². The van der Waals surface area contributed by atoms with Gasteiger partial charge in [0.25, 0.3) is 0 Å². The standard InChI is InChI=1S/C19H23N5O2S/c1-3-14(15-8-5-4-6-9-15)12-21-18(25)13(2)27-19-23-22-17(24(19)20)16-10-7-11-26-16/h4-11,13-14H,3,12,20H2,1-2H3,(H,21,25)/t13-,14+/m0/s1. The van der Waals surface area contributed by atoms with Crippen LogP contribution >= 0.6 is 11.8 Å². The number of rotatable bonds is 8. The van der Waals surface area contributed by atoms with Crippen molar-refractivity contribution in [1.29, 1.82) is 0 Å². The highest BCUT2D eigenvalue weighted by atomic mass is 32.2. The molecule has 7 nitrogen and oxygen atoms in total. The van der Waals surface area contributed by atoms with Crippen molar-refractivity contribution >= 4 is 17.7 Å². The Balaban J connectivity index is 1.58. The molecule has 27 heavy (non-hydrogen) atoms. The summed E-state index contributed by atoms with van der Waals surface area (Å²) in [6, 6.07) is 13.7. The summed E-state index contributed by atoms with van der Waals surface area (Å²) >= 11 is 1.26. The molecule has 0 saturated carbocycles. The number of benzene rings is 1. The van der Waals surface area contributed by atoms with Crippen LogP contribution in [-0.4, -0.2) is 32.6 Å². The van der Waals surface area contributed by atoms with Gasteiger partial charge in [0.15, 0.2) is 5.76 Å². The minimum absolute atomic E-state index is 0.0584. The topological polar surface area (TPSA) is 99.0 Å². The molecule has 2 atom stereocenters. The van der Waals surface area contributed by atoms with E-state index < -0.39 is 0 Å². The SMILES string of the molecule is CC[C@H](CNC(=O)[C@H](C)Sc1nnc(-c2ccco2)n1N)c1ccccc1. The van der Waals surface area contributed by atoms with Crippen LogP contribution in [-0.2, 0) is 4.79 Å². The summed E-state index contributed by atoms with van der Waals surface area (Å²) in [6.07, 6.45) is 2.50. The fourth-order valence-electron chi connectivity index (χ4n) is 2.73. The van der Waals surface area contributed by atoms with Crippen LogP contribution in [0.2, 0.25) is 0 Å². The van der Waals surface area contributed by atoms with Gasteiger partial charge in [-0.05, 0) is 31.0 Å². The second kappa shape index (κ2) is 8.77. The Morgan fingerprint density at radius 1 is 1.26 bits per heavy atom. The summed E-state index contributed by atoms with van der Waals surface area (Å²) in [7, 11) is 0. The first-order valence-electron chi connectivity index (χ1n) is 8.83. The third kappa shape index (κ3) is 4.51. The zero-order valence-corrected chi connectivity index (χ0v) is 16.1. The number of furan rings is 1. The van der Waals surface area contributed by atoms with E-state index in [2.05, 4.69) is 34.6 Å². The Hall–Kier alpha value is -2.74. The maximum atomic E-state index is 12.5. The van der Waals surface area contributed by atoms with Crippen molar-refractivity contribution in [3.8, 4) is 11.6 Å². The van der Waals surface area contributed by atoms with Crippen molar-refractivity contribution in [2.75, 3.05) is 12.4 Å². The number of nitrogens with zero attached hydrogens (tertiary/aromatic N) is 3. The number of amides is 1. The first kappa shape index (κ1) is 19.0. The van der Waals surface area contributed by atoms with Crippen molar-refractivity contribution in [1.82, 2.24) is 20.2 Å². The second-order valence-electron chi connectivity index (χ2n) is 6.17. The van der Waals surface area contributed by atoms with Crippen molar-refractivity contribution in [3.05, 3.63) is 54.3 Å². The van der Waals surface area contributed by atoms with Gasteiger partial charge >= 0.3 is 0 Å². The monoisotopic (exact) mass is 385 g/mol. The van der Waals surface area contributed by atoms with E-state index in [9.17, 15) is 4.79 Å². The van der Waals surface area contributed by atoms with E-state index >= 15 is 0 Å². The van der Waals surface area contributed by atoms with E-state index in [-0.39, 0.29) is 17.1 Å². The van der Waals surface area contributed by atoms with Gasteiger partial charge in [-0.1, -0.05) is 49.0 Å². The lowest BCUT2D eigenvalue weighted by Crippen LogP contribution is -2.34. The largest absolute Gasteiger partial charge is 0.461 e. The third-order valence-corrected chi connectivity index (χ3v) is 5.40. The minimum atomic E-state index is -0.353. The molecule has 2 aromatic heterocycles. The molecule has 3 aromatic rings. The summed E-state index contributed by atoms with van der Waals surface area (Å²) in [4.78, 5) is 12.5. The number of thioether (sulfide) groups is 1. The van der Waals surface area contributed by atoms with E-state index in [0.29, 0.717) is 23.3 Å². The molecule has 3 N–H and O–H groups in total. The van der Waals surface area contributed by atoms with Gasteiger partial charge in [-0.3, -0.25) is 4.79 Å². The molecule has 0 fully saturated rings. The van der Waals surface area contributed by atoms with Gasteiger partial charge in [-0.2, -0.15) is 0 Å². The normalized spacial score (nSPS) is 13.3. The zero-order valence-electron chi connectivity index (χ0n) is 15.3. The molecular formula is C19H23N5O2S. The molecule has 1 amide bonds. The van der Waals surface area contributed by atoms with Gasteiger partial charge in [0, 0.05) is 12.5 Å². The number of hydrogen-bond acceptors (Lipinski definition) is 6. The summed E-state index contributed by atoms with van der Waals surface area (Å²) in [5.41, 5.74) is 1.23. The van der Waals surface area contributed by atoms with Crippen LogP contribution in [0.25, 0.3) is 11.6 Å². The molecule has 142 valence electrons. The van der Waals surface area contributed by atoms with Crippen LogP contribution in [0, 0.1) is 0 Å². The summed E-state index contributed by atoms with van der Waals surface area (Å²) in [6.45, 7) is 4.54. The molecule has 0 spiro atoms. The van der Waals surface area contributed by atoms with Crippen molar-refractivity contribution in [2.24, 2.45) is 0 Å². The number of hydrogen-bond donors (Lipinski definition) is 2. The lowest BCUT2D eigenvalue weighted by atomic mass is 9.96. The highest BCUT2D eigenvalue weighted by molar-refractivity contribution is 8.00. The summed E-state index contributed by atoms with van der Waals surface area (Å²) in [5.74, 6) is 7.22. The molecule has 2 heterocycles. The molecule has 3 rings (SSSR count). The minimum Gasteiger partial charge on any atom is -0.461 e. The van der Waals surface area contributed by atoms with E-state index in [1.807, 2.05) is 25.1 Å². The molecule has 0 bridgehead atoms. The Morgan fingerprint density at radius 2 is 2.04 bits per heavy atom. The Kier molecular flexibility index (Phi) is 6.18. The van der Waals surface area contributed by atoms with Gasteiger partial charge in [-0.25, -0.2) is 4.68 Å². The zero-order chi connectivity index (χ0) is 19.2. The average Bonchev–Trinajstić information content (AvgIpc) is 3.33. The average molecular weight is 385 g/mol. The molecule has 0 aliphatic heterocycles. The van der Waals surface area contributed by atoms with Crippen LogP contribution in [0.15, 0.2) is 58.3 Å². The second-order valence-corrected chi connectivity index (χ2v) is 7.48. The van der Waals surface area contributed by atoms with Crippen molar-refractivity contribution < 1.29 is 9.21 Å². The number of carbonyl (C=O) groups excluding carboxylic acids is 1. The quantitative estimate of drug-likeness (QED) is 0.457. The fourth-order valence-corrected chi connectivity index (χ4v) is 3.53. The Morgan fingerprint density at radius 3 is 2.70 bits per heavy atom. The van der Waals surface area contributed by atoms with Gasteiger partial charge in [0.2, 0.25) is 16.9 Å². The predicted molar refractivity (Wildman–Crippen MR) is 106 cm³/mol. The van der Waals surface area contributed by atoms with E-state index in [4.69, 9.17) is 10.3 Å². The molecule has 0 saturated heterocycles. The van der Waals surface area contributed by atoms with Crippen LogP contribution in [0.1, 0.15) is 31.7 Å². The maximum Gasteiger partial charge on any atom is 0.233 e. The molecule has 0 aliphatic rings. The van der Waals surface area contributed by atoms with Crippen LogP contribution < -0.4 is 11.2 Å². The number of nitrogens with one attached hydrogen (secondary N) is 1. The Labute approximate surface area is 162 Å². The number of carbonyl (C=O) groups is 1. The summed E-state index contributed by atoms with van der Waals surface area (Å²) < 4.78 is 6.63. The van der Waals surface area contributed by atoms with E-state index in [0.717, 1.165) is 6.42 Å². The maximum absolute atomic E-state index is 12.5. The van der Waals surface area contributed by atoms with Gasteiger partial charge in [-0.15, -0.1) is 10.2 Å². The molecule has 8 heteroatoms. The molecule has 1 aromatic carbocycles. The van der Waals surface area contributed by atoms with Crippen LogP contribution in [0.5, 0.6) is 0 Å². The Bertz CT molecular complexity index is 864. The van der Waals surface area contributed by atoms with E-state index in [1.165, 1.54) is 22.0 Å². The summed E-state index contributed by atoms with van der Waals surface area (Å²) in [5, 5.41) is 11.2.